The Morgan fingerprint density at radius 1 is 1.00 bits per heavy atom. The molecule has 0 nitrogen and oxygen atoms in total. The second-order valence-electron chi connectivity index (χ2n) is 2.35. The molecule has 0 N–H and O–H groups in total. The molecule has 0 heterocycles. The zero-order valence-corrected chi connectivity index (χ0v) is 6.23. The fourth-order valence-electron chi connectivity index (χ4n) is 0.233. The molecule has 0 spiro atoms. The standard InChI is InChI=1S/C4H6F5P/c1-10(2,8,9)4(7)3(5)6/h1-2H3. The van der Waals surface area contributed by atoms with Gasteiger partial charge in [-0.3, -0.25) is 0 Å². The average molecular weight is 180 g/mol. The van der Waals surface area contributed by atoms with Crippen molar-refractivity contribution in [3.63, 3.8) is 0 Å². The van der Waals surface area contributed by atoms with E-state index >= 15 is 0 Å². The fourth-order valence-corrected chi connectivity index (χ4v) is 0.699. The molecule has 10 heavy (non-hydrogen) atoms. The van der Waals surface area contributed by atoms with Crippen LogP contribution in [0, 0.1) is 0 Å². The van der Waals surface area contributed by atoms with Crippen LogP contribution in [0.1, 0.15) is 0 Å². The fraction of sp³-hybridized carbons (Fsp3) is 0.500. The molecule has 0 aromatic rings. The van der Waals surface area contributed by atoms with Gasteiger partial charge in [-0.25, -0.2) is 0 Å². The van der Waals surface area contributed by atoms with Crippen LogP contribution < -0.4 is 0 Å². The second-order valence-corrected chi connectivity index (χ2v) is 6.35. The van der Waals surface area contributed by atoms with E-state index in [9.17, 15) is 21.6 Å². The molecule has 0 rings (SSSR count). The molecule has 0 bridgehead atoms. The maximum atomic E-state index is 12.3. The van der Waals surface area contributed by atoms with Crippen LogP contribution in [0.2, 0.25) is 0 Å². The van der Waals surface area contributed by atoms with Crippen molar-refractivity contribution in [2.24, 2.45) is 0 Å². The first-order valence-corrected chi connectivity index (χ1v) is 5.19. The van der Waals surface area contributed by atoms with E-state index in [1.54, 1.807) is 0 Å². The Bertz CT molecular complexity index is 163. The minimum absolute atomic E-state index is 0.208. The molecular formula is C4H6F5P. The van der Waals surface area contributed by atoms with Crippen LogP contribution in [0.5, 0.6) is 0 Å². The van der Waals surface area contributed by atoms with Gasteiger partial charge in [0.05, 0.1) is 0 Å². The molecule has 0 atom stereocenters. The molecule has 0 aliphatic carbocycles. The molecule has 62 valence electrons. The topological polar surface area (TPSA) is 0 Å². The predicted molar refractivity (Wildman–Crippen MR) is 31.3 cm³/mol. The molecule has 0 aromatic heterocycles. The summed E-state index contributed by atoms with van der Waals surface area (Å²) in [6, 6.07) is 0. The molecule has 6 heteroatoms. The quantitative estimate of drug-likeness (QED) is 0.427. The third-order valence-electron chi connectivity index (χ3n) is 0.697. The summed E-state index contributed by atoms with van der Waals surface area (Å²) in [6.07, 6.45) is -2.92. The summed E-state index contributed by atoms with van der Waals surface area (Å²) in [4.78, 5) is 0. The monoisotopic (exact) mass is 180 g/mol. The maximum absolute atomic E-state index is 12.3. The van der Waals surface area contributed by atoms with Gasteiger partial charge in [-0.1, -0.05) is 0 Å². The van der Waals surface area contributed by atoms with Crippen molar-refractivity contribution in [3.8, 4) is 0 Å². The third-order valence-corrected chi connectivity index (χ3v) is 1.95. The Balaban J connectivity index is 4.87. The van der Waals surface area contributed by atoms with Crippen LogP contribution in [-0.4, -0.2) is 13.3 Å². The summed E-state index contributed by atoms with van der Waals surface area (Å²) in [5.74, 6) is 0. The number of hydrogen-bond acceptors (Lipinski definition) is 0. The van der Waals surface area contributed by atoms with Crippen LogP contribution in [0.3, 0.4) is 0 Å². The van der Waals surface area contributed by atoms with Crippen molar-refractivity contribution in [3.05, 3.63) is 11.6 Å². The van der Waals surface area contributed by atoms with Crippen molar-refractivity contribution in [2.75, 3.05) is 13.3 Å². The molecule has 0 radical (unpaired) electrons. The summed E-state index contributed by atoms with van der Waals surface area (Å²) in [6.45, 7) is 0.417. The van der Waals surface area contributed by atoms with E-state index in [2.05, 4.69) is 0 Å². The van der Waals surface area contributed by atoms with Crippen molar-refractivity contribution in [1.29, 1.82) is 0 Å². The summed E-state index contributed by atoms with van der Waals surface area (Å²) in [7, 11) is -5.82. The van der Waals surface area contributed by atoms with Crippen LogP contribution in [-0.2, 0) is 0 Å². The van der Waals surface area contributed by atoms with Gasteiger partial charge in [0.1, 0.15) is 0 Å². The van der Waals surface area contributed by atoms with Gasteiger partial charge < -0.3 is 0 Å². The van der Waals surface area contributed by atoms with Gasteiger partial charge in [0.2, 0.25) is 0 Å². The third kappa shape index (κ3) is 2.60. The summed E-state index contributed by atoms with van der Waals surface area (Å²) in [5.41, 5.74) is -2.55. The predicted octanol–water partition coefficient (Wildman–Crippen LogP) is 3.60. The zero-order valence-electron chi connectivity index (χ0n) is 5.34. The van der Waals surface area contributed by atoms with Crippen LogP contribution in [0.15, 0.2) is 11.6 Å². The Morgan fingerprint density at radius 3 is 1.30 bits per heavy atom. The summed E-state index contributed by atoms with van der Waals surface area (Å²) in [5, 5.41) is 0. The number of halogens is 5. The van der Waals surface area contributed by atoms with Gasteiger partial charge >= 0.3 is 53.8 Å². The minimum atomic E-state index is -5.82. The summed E-state index contributed by atoms with van der Waals surface area (Å²) < 4.78 is 58.9. The molecule has 0 aromatic carbocycles. The van der Waals surface area contributed by atoms with Crippen molar-refractivity contribution >= 4 is 7.22 Å². The summed E-state index contributed by atoms with van der Waals surface area (Å²) >= 11 is 0. The molecule has 0 unspecified atom stereocenters. The second kappa shape index (κ2) is 2.16. The van der Waals surface area contributed by atoms with Crippen LogP contribution in [0.4, 0.5) is 21.6 Å². The normalized spacial score (nSPS) is 15.7. The van der Waals surface area contributed by atoms with E-state index in [1.165, 1.54) is 0 Å². The Hall–Kier alpha value is -0.180. The molecule has 0 aliphatic heterocycles. The molecule has 0 saturated heterocycles. The Morgan fingerprint density at radius 2 is 1.30 bits per heavy atom. The molecule has 0 fully saturated rings. The van der Waals surface area contributed by atoms with Crippen LogP contribution in [0.25, 0.3) is 0 Å². The van der Waals surface area contributed by atoms with E-state index in [4.69, 9.17) is 0 Å². The Kier molecular flexibility index (Phi) is 2.12. The molecule has 0 saturated carbocycles. The van der Waals surface area contributed by atoms with Gasteiger partial charge in [-0.05, 0) is 0 Å². The van der Waals surface area contributed by atoms with Gasteiger partial charge in [0.15, 0.2) is 0 Å². The molecule has 0 amide bonds. The van der Waals surface area contributed by atoms with Crippen molar-refractivity contribution in [2.45, 2.75) is 0 Å². The first-order chi connectivity index (χ1) is 4.11. The van der Waals surface area contributed by atoms with Crippen LogP contribution >= 0.6 is 7.22 Å². The van der Waals surface area contributed by atoms with Gasteiger partial charge in [0.25, 0.3) is 0 Å². The van der Waals surface area contributed by atoms with Gasteiger partial charge in [-0.2, -0.15) is 0 Å². The van der Waals surface area contributed by atoms with Crippen molar-refractivity contribution < 1.29 is 21.6 Å². The van der Waals surface area contributed by atoms with Gasteiger partial charge in [-0.15, -0.1) is 0 Å². The zero-order chi connectivity index (χ0) is 8.60. The first kappa shape index (κ1) is 9.82. The average Bonchev–Trinajstić information content (AvgIpc) is 1.59. The Labute approximate surface area is 54.9 Å². The number of hydrogen-bond donors (Lipinski definition) is 0. The first-order valence-electron chi connectivity index (χ1n) is 2.27. The van der Waals surface area contributed by atoms with E-state index in [-0.39, 0.29) is 13.3 Å². The van der Waals surface area contributed by atoms with E-state index in [0.29, 0.717) is 0 Å². The van der Waals surface area contributed by atoms with E-state index in [0.717, 1.165) is 0 Å². The van der Waals surface area contributed by atoms with E-state index < -0.39 is 18.9 Å². The van der Waals surface area contributed by atoms with Gasteiger partial charge in [0, 0.05) is 0 Å². The van der Waals surface area contributed by atoms with Crippen molar-refractivity contribution in [1.82, 2.24) is 0 Å². The molecule has 0 aliphatic rings. The number of rotatable bonds is 1. The SMILES string of the molecule is CP(C)(F)(F)C(F)=C(F)F. The van der Waals surface area contributed by atoms with E-state index in [1.807, 2.05) is 0 Å². The molecular weight excluding hydrogens is 174 g/mol.